The number of hydrogen-bond donors (Lipinski definition) is 1. The molecule has 0 aliphatic heterocycles. The molecule has 0 unspecified atom stereocenters. The molecule has 6 heteroatoms. The van der Waals surface area contributed by atoms with Gasteiger partial charge in [-0.15, -0.1) is 0 Å². The maximum atomic E-state index is 11.4. The molecule has 0 amide bonds. The minimum absolute atomic E-state index is 0.0680. The van der Waals surface area contributed by atoms with E-state index in [1.54, 1.807) is 26.2 Å². The molecular weight excluding hydrogens is 270 g/mol. The van der Waals surface area contributed by atoms with Gasteiger partial charge < -0.3 is 9.84 Å². The maximum Gasteiger partial charge on any atom is 0.343 e. The summed E-state index contributed by atoms with van der Waals surface area (Å²) in [5, 5.41) is 14.2. The van der Waals surface area contributed by atoms with E-state index in [0.717, 1.165) is 10.9 Å². The molecule has 0 saturated heterocycles. The predicted octanol–water partition coefficient (Wildman–Crippen LogP) is 2.77. The van der Waals surface area contributed by atoms with Gasteiger partial charge in [0.05, 0.1) is 11.2 Å². The molecular formula is C15H13N3O3. The summed E-state index contributed by atoms with van der Waals surface area (Å²) in [7, 11) is 1.65. The molecule has 1 N–H and O–H groups in total. The highest BCUT2D eigenvalue weighted by Gasteiger charge is 2.22. The molecule has 0 aliphatic carbocycles. The van der Waals surface area contributed by atoms with Crippen LogP contribution in [0.5, 0.6) is 11.6 Å². The molecule has 0 atom stereocenters. The van der Waals surface area contributed by atoms with Gasteiger partial charge in [0, 0.05) is 18.6 Å². The summed E-state index contributed by atoms with van der Waals surface area (Å²) in [6, 6.07) is 9.14. The number of benzene rings is 1. The molecule has 0 bridgehead atoms. The van der Waals surface area contributed by atoms with E-state index < -0.39 is 5.97 Å². The Morgan fingerprint density at radius 3 is 2.86 bits per heavy atom. The van der Waals surface area contributed by atoms with Crippen LogP contribution in [0.1, 0.15) is 16.1 Å². The molecule has 0 fully saturated rings. The van der Waals surface area contributed by atoms with Crippen molar-refractivity contribution in [3.05, 3.63) is 47.8 Å². The molecule has 3 rings (SSSR count). The highest BCUT2D eigenvalue weighted by atomic mass is 16.5. The number of aromatic nitrogens is 3. The highest BCUT2D eigenvalue weighted by molar-refractivity contribution is 5.92. The summed E-state index contributed by atoms with van der Waals surface area (Å²) in [4.78, 5) is 15.6. The van der Waals surface area contributed by atoms with E-state index in [0.29, 0.717) is 11.4 Å². The number of carboxylic acid groups (broad SMARTS) is 1. The van der Waals surface area contributed by atoms with Crippen molar-refractivity contribution in [1.29, 1.82) is 0 Å². The number of ether oxygens (including phenoxy) is 1. The molecule has 1 aromatic carbocycles. The smallest absolute Gasteiger partial charge is 0.343 e. The van der Waals surface area contributed by atoms with Gasteiger partial charge in [0.25, 0.3) is 0 Å². The predicted molar refractivity (Wildman–Crippen MR) is 76.7 cm³/mol. The van der Waals surface area contributed by atoms with Gasteiger partial charge in [-0.25, -0.2) is 9.48 Å². The van der Waals surface area contributed by atoms with Crippen LogP contribution in [0.15, 0.2) is 36.5 Å². The zero-order valence-corrected chi connectivity index (χ0v) is 11.6. The zero-order valence-electron chi connectivity index (χ0n) is 11.6. The van der Waals surface area contributed by atoms with E-state index in [-0.39, 0.29) is 11.4 Å². The third kappa shape index (κ3) is 2.20. The van der Waals surface area contributed by atoms with E-state index in [9.17, 15) is 9.90 Å². The first kappa shape index (κ1) is 13.1. The Bertz CT molecular complexity index is 834. The van der Waals surface area contributed by atoms with E-state index in [2.05, 4.69) is 10.1 Å². The zero-order chi connectivity index (χ0) is 15.0. The quantitative estimate of drug-likeness (QED) is 0.799. The Hall–Kier alpha value is -2.89. The van der Waals surface area contributed by atoms with Crippen LogP contribution in [0.3, 0.4) is 0 Å². The summed E-state index contributed by atoms with van der Waals surface area (Å²) >= 11 is 0. The lowest BCUT2D eigenvalue weighted by Crippen LogP contribution is -2.02. The minimum Gasteiger partial charge on any atom is -0.477 e. The molecule has 2 heterocycles. The lowest BCUT2D eigenvalue weighted by molar-refractivity contribution is 0.0693. The number of aromatic carboxylic acids is 1. The van der Waals surface area contributed by atoms with Crippen molar-refractivity contribution < 1.29 is 14.6 Å². The summed E-state index contributed by atoms with van der Waals surface area (Å²) in [5.41, 5.74) is 1.27. The van der Waals surface area contributed by atoms with Gasteiger partial charge in [-0.3, -0.25) is 4.98 Å². The van der Waals surface area contributed by atoms with Crippen LogP contribution in [0.4, 0.5) is 0 Å². The minimum atomic E-state index is -1.06. The fourth-order valence-electron chi connectivity index (χ4n) is 2.27. The first-order valence-corrected chi connectivity index (χ1v) is 6.36. The van der Waals surface area contributed by atoms with Crippen molar-refractivity contribution in [3.8, 4) is 11.6 Å². The fraction of sp³-hybridized carbons (Fsp3) is 0.133. The van der Waals surface area contributed by atoms with Gasteiger partial charge in [0.2, 0.25) is 5.88 Å². The van der Waals surface area contributed by atoms with Crippen molar-refractivity contribution in [2.24, 2.45) is 7.05 Å². The molecule has 0 spiro atoms. The molecule has 0 aliphatic rings. The second-order valence-electron chi connectivity index (χ2n) is 4.62. The average Bonchev–Trinajstić information content (AvgIpc) is 2.73. The van der Waals surface area contributed by atoms with Gasteiger partial charge in [0.1, 0.15) is 11.3 Å². The van der Waals surface area contributed by atoms with E-state index in [1.807, 2.05) is 24.3 Å². The fourth-order valence-corrected chi connectivity index (χ4v) is 2.27. The van der Waals surface area contributed by atoms with Crippen LogP contribution in [0.2, 0.25) is 0 Å². The molecule has 0 radical (unpaired) electrons. The molecule has 106 valence electrons. The van der Waals surface area contributed by atoms with Gasteiger partial charge in [-0.2, -0.15) is 5.10 Å². The summed E-state index contributed by atoms with van der Waals surface area (Å²) in [5.74, 6) is -0.309. The van der Waals surface area contributed by atoms with Gasteiger partial charge >= 0.3 is 5.97 Å². The molecule has 21 heavy (non-hydrogen) atoms. The Labute approximate surface area is 120 Å². The SMILES string of the molecule is Cc1nn(C)c(Oc2cccc3ncccc23)c1C(=O)O. The molecule has 0 saturated carbocycles. The lowest BCUT2D eigenvalue weighted by Gasteiger charge is -2.09. The molecule has 3 aromatic rings. The summed E-state index contributed by atoms with van der Waals surface area (Å²) in [6.45, 7) is 1.64. The standard InChI is InChI=1S/C15H13N3O3/c1-9-13(15(19)20)14(18(2)17-9)21-12-7-3-6-11-10(12)5-4-8-16-11/h3-8H,1-2H3,(H,19,20). The van der Waals surface area contributed by atoms with Crippen molar-refractivity contribution in [3.63, 3.8) is 0 Å². The molecule has 2 aromatic heterocycles. The number of pyridine rings is 1. The van der Waals surface area contributed by atoms with Gasteiger partial charge in [0.15, 0.2) is 0 Å². The number of aryl methyl sites for hydroxylation is 2. The monoisotopic (exact) mass is 283 g/mol. The third-order valence-electron chi connectivity index (χ3n) is 3.20. The Morgan fingerprint density at radius 2 is 2.10 bits per heavy atom. The Kier molecular flexibility index (Phi) is 3.06. The van der Waals surface area contributed by atoms with E-state index in [4.69, 9.17) is 4.74 Å². The molecule has 6 nitrogen and oxygen atoms in total. The highest BCUT2D eigenvalue weighted by Crippen LogP contribution is 2.31. The van der Waals surface area contributed by atoms with Crippen LogP contribution in [-0.4, -0.2) is 25.8 Å². The number of carbonyl (C=O) groups is 1. The van der Waals surface area contributed by atoms with Crippen molar-refractivity contribution in [1.82, 2.24) is 14.8 Å². The lowest BCUT2D eigenvalue weighted by atomic mass is 10.2. The Morgan fingerprint density at radius 1 is 1.29 bits per heavy atom. The number of nitrogens with zero attached hydrogens (tertiary/aromatic N) is 3. The van der Waals surface area contributed by atoms with Crippen molar-refractivity contribution in [2.75, 3.05) is 0 Å². The van der Waals surface area contributed by atoms with Crippen molar-refractivity contribution >= 4 is 16.9 Å². The summed E-state index contributed by atoms with van der Waals surface area (Å²) in [6.07, 6.45) is 1.70. The van der Waals surface area contributed by atoms with Gasteiger partial charge in [-0.1, -0.05) is 6.07 Å². The number of hydrogen-bond acceptors (Lipinski definition) is 4. The average molecular weight is 283 g/mol. The van der Waals surface area contributed by atoms with Crippen molar-refractivity contribution in [2.45, 2.75) is 6.92 Å². The van der Waals surface area contributed by atoms with Crippen LogP contribution in [0, 0.1) is 6.92 Å². The third-order valence-corrected chi connectivity index (χ3v) is 3.20. The van der Waals surface area contributed by atoms with E-state index in [1.165, 1.54) is 4.68 Å². The van der Waals surface area contributed by atoms with E-state index >= 15 is 0 Å². The Balaban J connectivity index is 2.14. The van der Waals surface area contributed by atoms with Crippen LogP contribution in [0.25, 0.3) is 10.9 Å². The number of fused-ring (bicyclic) bond motifs is 1. The number of rotatable bonds is 3. The maximum absolute atomic E-state index is 11.4. The second-order valence-corrected chi connectivity index (χ2v) is 4.62. The van der Waals surface area contributed by atoms with Crippen LogP contribution < -0.4 is 4.74 Å². The largest absolute Gasteiger partial charge is 0.477 e. The van der Waals surface area contributed by atoms with Gasteiger partial charge in [-0.05, 0) is 31.2 Å². The summed E-state index contributed by atoms with van der Waals surface area (Å²) < 4.78 is 7.24. The topological polar surface area (TPSA) is 77.2 Å². The van der Waals surface area contributed by atoms with Crippen LogP contribution >= 0.6 is 0 Å². The van der Waals surface area contributed by atoms with Crippen LogP contribution in [-0.2, 0) is 7.05 Å². The normalized spacial score (nSPS) is 10.8. The second kappa shape index (κ2) is 4.90. The first-order chi connectivity index (χ1) is 10.1. The number of carboxylic acids is 1. The first-order valence-electron chi connectivity index (χ1n) is 6.36.